The van der Waals surface area contributed by atoms with Crippen LogP contribution in [0.5, 0.6) is 0 Å². The Morgan fingerprint density at radius 2 is 1.77 bits per heavy atom. The molecular weight excluding hydrogens is 326 g/mol. The van der Waals surface area contributed by atoms with Crippen LogP contribution in [0.15, 0.2) is 67.0 Å². The van der Waals surface area contributed by atoms with Crippen LogP contribution < -0.4 is 10.6 Å². The lowest BCUT2D eigenvalue weighted by molar-refractivity contribution is 0.0949. The Bertz CT molecular complexity index is 917. The SMILES string of the molecule is N#Cc1ccccc1Nc1cnc(C(=O)NCCc2ccccc2)cn1. The topological polar surface area (TPSA) is 90.7 Å². The van der Waals surface area contributed by atoms with Gasteiger partial charge in [-0.3, -0.25) is 4.79 Å². The van der Waals surface area contributed by atoms with Crippen LogP contribution in [0.1, 0.15) is 21.6 Å². The summed E-state index contributed by atoms with van der Waals surface area (Å²) in [6, 6.07) is 19.2. The zero-order chi connectivity index (χ0) is 18.2. The maximum atomic E-state index is 12.1. The van der Waals surface area contributed by atoms with Crippen molar-refractivity contribution in [1.82, 2.24) is 15.3 Å². The molecule has 0 spiro atoms. The molecular formula is C20H17N5O. The third kappa shape index (κ3) is 4.42. The number of anilines is 2. The van der Waals surface area contributed by atoms with E-state index in [0.717, 1.165) is 12.0 Å². The van der Waals surface area contributed by atoms with Crippen LogP contribution >= 0.6 is 0 Å². The molecule has 1 amide bonds. The highest BCUT2D eigenvalue weighted by Gasteiger charge is 2.08. The first-order valence-electron chi connectivity index (χ1n) is 8.16. The molecule has 0 saturated heterocycles. The summed E-state index contributed by atoms with van der Waals surface area (Å²) in [7, 11) is 0. The van der Waals surface area contributed by atoms with E-state index >= 15 is 0 Å². The van der Waals surface area contributed by atoms with E-state index in [1.165, 1.54) is 12.4 Å². The van der Waals surface area contributed by atoms with Crippen LogP contribution in [-0.4, -0.2) is 22.4 Å². The molecule has 0 aliphatic heterocycles. The molecule has 3 aromatic rings. The predicted molar refractivity (Wildman–Crippen MR) is 99.0 cm³/mol. The van der Waals surface area contributed by atoms with Crippen LogP contribution in [0, 0.1) is 11.3 Å². The Kier molecular flexibility index (Phi) is 5.53. The minimum Gasteiger partial charge on any atom is -0.350 e. The second-order valence-corrected chi connectivity index (χ2v) is 5.56. The summed E-state index contributed by atoms with van der Waals surface area (Å²) in [5.74, 6) is 0.200. The van der Waals surface area contributed by atoms with Crippen molar-refractivity contribution in [2.24, 2.45) is 0 Å². The quantitative estimate of drug-likeness (QED) is 0.718. The van der Waals surface area contributed by atoms with Crippen molar-refractivity contribution in [2.75, 3.05) is 11.9 Å². The highest BCUT2D eigenvalue weighted by atomic mass is 16.1. The van der Waals surface area contributed by atoms with Gasteiger partial charge < -0.3 is 10.6 Å². The van der Waals surface area contributed by atoms with E-state index in [9.17, 15) is 4.79 Å². The maximum Gasteiger partial charge on any atom is 0.271 e. The second kappa shape index (κ2) is 8.40. The van der Waals surface area contributed by atoms with Crippen molar-refractivity contribution in [1.29, 1.82) is 5.26 Å². The average molecular weight is 343 g/mol. The van der Waals surface area contributed by atoms with Gasteiger partial charge in [0.15, 0.2) is 0 Å². The van der Waals surface area contributed by atoms with E-state index in [0.29, 0.717) is 23.6 Å². The summed E-state index contributed by atoms with van der Waals surface area (Å²) in [4.78, 5) is 20.5. The molecule has 0 saturated carbocycles. The fraction of sp³-hybridized carbons (Fsp3) is 0.100. The van der Waals surface area contributed by atoms with Crippen molar-refractivity contribution in [3.8, 4) is 6.07 Å². The molecule has 6 heteroatoms. The first-order valence-corrected chi connectivity index (χ1v) is 8.16. The van der Waals surface area contributed by atoms with Gasteiger partial charge >= 0.3 is 0 Å². The standard InChI is InChI=1S/C20H17N5O/c21-12-16-8-4-5-9-17(16)25-19-14-23-18(13-24-19)20(26)22-11-10-15-6-2-1-3-7-15/h1-9,13-14H,10-11H2,(H,22,26)(H,24,25). The zero-order valence-electron chi connectivity index (χ0n) is 14.0. The largest absolute Gasteiger partial charge is 0.350 e. The summed E-state index contributed by atoms with van der Waals surface area (Å²) < 4.78 is 0. The lowest BCUT2D eigenvalue weighted by Gasteiger charge is -2.08. The van der Waals surface area contributed by atoms with Crippen LogP contribution in [0.2, 0.25) is 0 Å². The molecule has 0 aliphatic carbocycles. The normalized spacial score (nSPS) is 9.96. The minimum absolute atomic E-state index is 0.247. The smallest absolute Gasteiger partial charge is 0.271 e. The Morgan fingerprint density at radius 3 is 2.50 bits per heavy atom. The molecule has 0 radical (unpaired) electrons. The van der Waals surface area contributed by atoms with Gasteiger partial charge in [0.25, 0.3) is 5.91 Å². The molecule has 0 atom stereocenters. The van der Waals surface area contributed by atoms with Gasteiger partial charge in [0, 0.05) is 6.54 Å². The number of carbonyl (C=O) groups is 1. The number of nitrogens with zero attached hydrogens (tertiary/aromatic N) is 3. The Hall–Kier alpha value is -3.72. The number of nitrogens with one attached hydrogen (secondary N) is 2. The van der Waals surface area contributed by atoms with Gasteiger partial charge in [-0.1, -0.05) is 42.5 Å². The highest BCUT2D eigenvalue weighted by molar-refractivity contribution is 5.92. The van der Waals surface area contributed by atoms with Crippen molar-refractivity contribution in [3.63, 3.8) is 0 Å². The number of para-hydroxylation sites is 1. The van der Waals surface area contributed by atoms with E-state index in [1.807, 2.05) is 36.4 Å². The molecule has 1 heterocycles. The van der Waals surface area contributed by atoms with Crippen LogP contribution in [0.25, 0.3) is 0 Å². The number of amides is 1. The molecule has 0 fully saturated rings. The zero-order valence-corrected chi connectivity index (χ0v) is 14.0. The summed E-state index contributed by atoms with van der Waals surface area (Å²) in [5.41, 5.74) is 2.56. The fourth-order valence-electron chi connectivity index (χ4n) is 2.39. The molecule has 0 unspecified atom stereocenters. The molecule has 2 aromatic carbocycles. The van der Waals surface area contributed by atoms with Gasteiger partial charge in [0.05, 0.1) is 23.6 Å². The first kappa shape index (κ1) is 17.1. The molecule has 1 aromatic heterocycles. The third-order valence-corrected chi connectivity index (χ3v) is 3.74. The van der Waals surface area contributed by atoms with Crippen molar-refractivity contribution < 1.29 is 4.79 Å². The number of rotatable bonds is 6. The molecule has 128 valence electrons. The highest BCUT2D eigenvalue weighted by Crippen LogP contribution is 2.18. The van der Waals surface area contributed by atoms with E-state index in [4.69, 9.17) is 5.26 Å². The van der Waals surface area contributed by atoms with Crippen molar-refractivity contribution in [3.05, 3.63) is 83.8 Å². The van der Waals surface area contributed by atoms with Gasteiger partial charge in [-0.15, -0.1) is 0 Å². The Morgan fingerprint density at radius 1 is 1.00 bits per heavy atom. The predicted octanol–water partition coefficient (Wildman–Crippen LogP) is 3.06. The molecule has 0 aliphatic rings. The fourth-order valence-corrected chi connectivity index (χ4v) is 2.39. The molecule has 26 heavy (non-hydrogen) atoms. The van der Waals surface area contributed by atoms with Crippen LogP contribution in [0.3, 0.4) is 0 Å². The van der Waals surface area contributed by atoms with Crippen LogP contribution in [-0.2, 0) is 6.42 Å². The number of hydrogen-bond donors (Lipinski definition) is 2. The van der Waals surface area contributed by atoms with E-state index < -0.39 is 0 Å². The lowest BCUT2D eigenvalue weighted by Crippen LogP contribution is -2.26. The Balaban J connectivity index is 1.57. The molecule has 0 bridgehead atoms. The average Bonchev–Trinajstić information content (AvgIpc) is 2.70. The van der Waals surface area contributed by atoms with Crippen LogP contribution in [0.4, 0.5) is 11.5 Å². The van der Waals surface area contributed by atoms with E-state index in [-0.39, 0.29) is 11.6 Å². The maximum absolute atomic E-state index is 12.1. The second-order valence-electron chi connectivity index (χ2n) is 5.56. The van der Waals surface area contributed by atoms with Gasteiger partial charge in [-0.25, -0.2) is 9.97 Å². The number of aromatic nitrogens is 2. The Labute approximate surface area is 151 Å². The summed E-state index contributed by atoms with van der Waals surface area (Å²) in [5, 5.41) is 15.0. The lowest BCUT2D eigenvalue weighted by atomic mass is 10.1. The van der Waals surface area contributed by atoms with Gasteiger partial charge in [-0.05, 0) is 24.1 Å². The van der Waals surface area contributed by atoms with Gasteiger partial charge in [-0.2, -0.15) is 5.26 Å². The number of benzene rings is 2. The van der Waals surface area contributed by atoms with Gasteiger partial charge in [0.1, 0.15) is 17.6 Å². The number of hydrogen-bond acceptors (Lipinski definition) is 5. The molecule has 2 N–H and O–H groups in total. The van der Waals surface area contributed by atoms with Gasteiger partial charge in [0.2, 0.25) is 0 Å². The first-order chi connectivity index (χ1) is 12.8. The summed E-state index contributed by atoms with van der Waals surface area (Å²) in [6.45, 7) is 0.528. The number of nitriles is 1. The van der Waals surface area contributed by atoms with E-state index in [2.05, 4.69) is 26.7 Å². The molecule has 6 nitrogen and oxygen atoms in total. The van der Waals surface area contributed by atoms with Crippen molar-refractivity contribution in [2.45, 2.75) is 6.42 Å². The molecule has 3 rings (SSSR count). The summed E-state index contributed by atoms with van der Waals surface area (Å²) >= 11 is 0. The number of carbonyl (C=O) groups excluding carboxylic acids is 1. The monoisotopic (exact) mass is 343 g/mol. The minimum atomic E-state index is -0.266. The van der Waals surface area contributed by atoms with E-state index in [1.54, 1.807) is 18.2 Å². The third-order valence-electron chi connectivity index (χ3n) is 3.74. The summed E-state index contributed by atoms with van der Waals surface area (Å²) in [6.07, 6.45) is 3.64. The van der Waals surface area contributed by atoms with Crippen molar-refractivity contribution >= 4 is 17.4 Å².